The van der Waals surface area contributed by atoms with Crippen LogP contribution in [0.1, 0.15) is 39.5 Å². The summed E-state index contributed by atoms with van der Waals surface area (Å²) in [5.41, 5.74) is -1.41. The number of rotatable bonds is 11. The molecule has 1 N–H and O–H groups in total. The number of anilines is 1. The predicted molar refractivity (Wildman–Crippen MR) is 153 cm³/mol. The van der Waals surface area contributed by atoms with Gasteiger partial charge in [-0.1, -0.05) is 49.4 Å². The quantitative estimate of drug-likeness (QED) is 0.260. The summed E-state index contributed by atoms with van der Waals surface area (Å²) in [4.78, 5) is 45.4. The zero-order valence-electron chi connectivity index (χ0n) is 23.3. The molecule has 6 atom stereocenters. The van der Waals surface area contributed by atoms with Crippen LogP contribution in [0.3, 0.4) is 0 Å². The van der Waals surface area contributed by atoms with Crippen LogP contribution in [0.25, 0.3) is 10.8 Å². The zero-order valence-corrected chi connectivity index (χ0v) is 23.3. The molecule has 8 heteroatoms. The number of hydrogen-bond acceptors (Lipinski definition) is 6. The highest BCUT2D eigenvalue weighted by Gasteiger charge is 2.79. The molecule has 0 aliphatic carbocycles. The maximum atomic E-state index is 14.6. The van der Waals surface area contributed by atoms with Crippen molar-refractivity contribution in [1.82, 2.24) is 4.90 Å². The summed E-state index contributed by atoms with van der Waals surface area (Å²) in [6.45, 7) is 11.3. The lowest BCUT2D eigenvalue weighted by atomic mass is 9.65. The lowest BCUT2D eigenvalue weighted by molar-refractivity contribution is -0.161. The molecule has 2 bridgehead atoms. The number of likely N-dealkylation sites (tertiary alicyclic amines) is 1. The fourth-order valence-electron chi connectivity index (χ4n) is 7.13. The molecule has 2 amide bonds. The minimum absolute atomic E-state index is 0.167. The molecule has 2 unspecified atom stereocenters. The summed E-state index contributed by atoms with van der Waals surface area (Å²) < 4.78 is 12.4. The topological polar surface area (TPSA) is 96.4 Å². The average Bonchev–Trinajstić information content (AvgIpc) is 3.58. The maximum Gasteiger partial charge on any atom is 0.312 e. The minimum atomic E-state index is -1.20. The Balaban J connectivity index is 1.59. The van der Waals surface area contributed by atoms with Crippen molar-refractivity contribution in [3.05, 3.63) is 67.8 Å². The van der Waals surface area contributed by atoms with E-state index in [9.17, 15) is 19.5 Å². The number of hydrogen-bond donors (Lipinski definition) is 1. The average molecular weight is 547 g/mol. The summed E-state index contributed by atoms with van der Waals surface area (Å²) >= 11 is 0. The van der Waals surface area contributed by atoms with Crippen molar-refractivity contribution in [1.29, 1.82) is 0 Å². The van der Waals surface area contributed by atoms with Gasteiger partial charge in [-0.3, -0.25) is 14.4 Å². The Kier molecular flexibility index (Phi) is 7.59. The van der Waals surface area contributed by atoms with Crippen molar-refractivity contribution < 1.29 is 29.0 Å². The maximum absolute atomic E-state index is 14.6. The molecule has 0 aromatic heterocycles. The summed E-state index contributed by atoms with van der Waals surface area (Å²) in [6.07, 6.45) is 5.33. The second kappa shape index (κ2) is 10.8. The van der Waals surface area contributed by atoms with Crippen molar-refractivity contribution in [3.8, 4) is 0 Å². The third kappa shape index (κ3) is 4.16. The molecule has 0 saturated carbocycles. The van der Waals surface area contributed by atoms with E-state index >= 15 is 0 Å². The molecule has 40 heavy (non-hydrogen) atoms. The van der Waals surface area contributed by atoms with Gasteiger partial charge in [-0.2, -0.15) is 0 Å². The molecule has 0 radical (unpaired) electrons. The van der Waals surface area contributed by atoms with Crippen LogP contribution in [0.15, 0.2) is 67.8 Å². The third-order valence-electron chi connectivity index (χ3n) is 9.03. The molecule has 3 saturated heterocycles. The monoisotopic (exact) mass is 546 g/mol. The van der Waals surface area contributed by atoms with Crippen LogP contribution < -0.4 is 4.90 Å². The van der Waals surface area contributed by atoms with E-state index in [4.69, 9.17) is 9.47 Å². The van der Waals surface area contributed by atoms with E-state index < -0.39 is 41.1 Å². The van der Waals surface area contributed by atoms with Gasteiger partial charge in [0.15, 0.2) is 0 Å². The molecular formula is C32H38N2O6. The van der Waals surface area contributed by atoms with Crippen molar-refractivity contribution >= 4 is 34.2 Å². The van der Waals surface area contributed by atoms with Gasteiger partial charge in [-0.25, -0.2) is 0 Å². The molecule has 3 heterocycles. The van der Waals surface area contributed by atoms with Crippen molar-refractivity contribution in [2.45, 2.75) is 62.8 Å². The first-order valence-electron chi connectivity index (χ1n) is 14.1. The lowest BCUT2D eigenvalue weighted by Gasteiger charge is -2.38. The van der Waals surface area contributed by atoms with E-state index in [2.05, 4.69) is 13.2 Å². The van der Waals surface area contributed by atoms with Crippen LogP contribution in [0, 0.1) is 11.8 Å². The number of aliphatic hydroxyl groups excluding tert-OH is 1. The molecule has 3 aliphatic heterocycles. The van der Waals surface area contributed by atoms with E-state index in [0.29, 0.717) is 31.4 Å². The molecule has 1 spiro atoms. The molecule has 8 nitrogen and oxygen atoms in total. The first-order chi connectivity index (χ1) is 19.3. The van der Waals surface area contributed by atoms with Crippen LogP contribution in [0.2, 0.25) is 0 Å². The fraction of sp³-hybridized carbons (Fsp3) is 0.469. The van der Waals surface area contributed by atoms with Crippen LogP contribution in [0.4, 0.5) is 5.69 Å². The van der Waals surface area contributed by atoms with E-state index in [0.717, 1.165) is 10.8 Å². The second-order valence-corrected chi connectivity index (χ2v) is 11.1. The Morgan fingerprint density at radius 2 is 1.95 bits per heavy atom. The van der Waals surface area contributed by atoms with Gasteiger partial charge in [0.2, 0.25) is 5.91 Å². The van der Waals surface area contributed by atoms with Crippen molar-refractivity contribution in [3.63, 3.8) is 0 Å². The van der Waals surface area contributed by atoms with E-state index in [1.165, 1.54) is 4.90 Å². The lowest BCUT2D eigenvalue weighted by Crippen LogP contribution is -2.58. The Labute approximate surface area is 235 Å². The smallest absolute Gasteiger partial charge is 0.312 e. The highest BCUT2D eigenvalue weighted by molar-refractivity contribution is 6.05. The number of ether oxygens (including phenoxy) is 2. The number of aliphatic hydroxyl groups is 1. The number of esters is 1. The molecular weight excluding hydrogens is 508 g/mol. The van der Waals surface area contributed by atoms with Gasteiger partial charge in [0.05, 0.1) is 30.8 Å². The van der Waals surface area contributed by atoms with Crippen LogP contribution in [0.5, 0.6) is 0 Å². The highest BCUT2D eigenvalue weighted by atomic mass is 16.6. The first-order valence-corrected chi connectivity index (χ1v) is 14.1. The summed E-state index contributed by atoms with van der Waals surface area (Å²) in [7, 11) is 0. The normalized spacial score (nSPS) is 29.3. The van der Waals surface area contributed by atoms with Gasteiger partial charge < -0.3 is 24.4 Å². The predicted octanol–water partition coefficient (Wildman–Crippen LogP) is 4.01. The third-order valence-corrected chi connectivity index (χ3v) is 9.03. The molecule has 212 valence electrons. The first kappa shape index (κ1) is 28.1. The number of fused-ring (bicyclic) bond motifs is 2. The molecule has 3 aliphatic rings. The van der Waals surface area contributed by atoms with Gasteiger partial charge in [0.1, 0.15) is 17.6 Å². The zero-order chi connectivity index (χ0) is 28.7. The van der Waals surface area contributed by atoms with Gasteiger partial charge in [0, 0.05) is 12.2 Å². The minimum Gasteiger partial charge on any atom is -0.465 e. The summed E-state index contributed by atoms with van der Waals surface area (Å²) in [5.74, 6) is -2.85. The highest BCUT2D eigenvalue weighted by Crippen LogP contribution is 2.64. The fourth-order valence-corrected chi connectivity index (χ4v) is 7.13. The molecule has 2 aromatic carbocycles. The van der Waals surface area contributed by atoms with Crippen molar-refractivity contribution in [2.75, 3.05) is 24.7 Å². The number of carbonyl (C=O) groups excluding carboxylic acids is 3. The van der Waals surface area contributed by atoms with Gasteiger partial charge in [-0.05, 0) is 55.5 Å². The SMILES string of the molecule is C=CCCOC(=O)[C@@H]1[C@H]2C(=O)N([C@H](C)CO)C(C(=O)N(CC=C)c3ccc4ccccc4c3)C23CC[C@@]1(CC)O3. The molecule has 2 aromatic rings. The van der Waals surface area contributed by atoms with Gasteiger partial charge in [-0.15, -0.1) is 13.2 Å². The van der Waals surface area contributed by atoms with Gasteiger partial charge >= 0.3 is 5.97 Å². The van der Waals surface area contributed by atoms with Crippen molar-refractivity contribution in [2.24, 2.45) is 11.8 Å². The van der Waals surface area contributed by atoms with Crippen LogP contribution in [-0.2, 0) is 23.9 Å². The van der Waals surface area contributed by atoms with Crippen LogP contribution in [-0.4, -0.2) is 70.8 Å². The van der Waals surface area contributed by atoms with E-state index in [1.54, 1.807) is 24.0 Å². The van der Waals surface area contributed by atoms with E-state index in [1.807, 2.05) is 49.4 Å². The second-order valence-electron chi connectivity index (χ2n) is 11.1. The Morgan fingerprint density at radius 1 is 1.20 bits per heavy atom. The Hall–Kier alpha value is -3.49. The van der Waals surface area contributed by atoms with Crippen LogP contribution >= 0.6 is 0 Å². The summed E-state index contributed by atoms with van der Waals surface area (Å²) in [5, 5.41) is 12.2. The number of amides is 2. The number of nitrogens with zero attached hydrogens (tertiary/aromatic N) is 2. The largest absolute Gasteiger partial charge is 0.465 e. The molecule has 3 fully saturated rings. The Morgan fingerprint density at radius 3 is 2.62 bits per heavy atom. The standard InChI is InChI=1S/C32H38N2O6/c1-5-8-18-39-30(38)26-25-28(36)34(21(4)20-35)27(32(25)16-15-31(26,7-3)40-32)29(37)33(17-6-2)24-14-13-22-11-9-10-12-23(22)19-24/h5-6,9-14,19,21,25-27,35H,1-2,7-8,15-18,20H2,3-4H3/t21-,25+,26+,27?,31-,32?/m1/s1. The Bertz CT molecular complexity index is 1340. The van der Waals surface area contributed by atoms with E-state index in [-0.39, 0.29) is 31.6 Å². The number of carbonyl (C=O) groups is 3. The summed E-state index contributed by atoms with van der Waals surface area (Å²) in [6, 6.07) is 12.0. The number of benzene rings is 2. The molecule has 5 rings (SSSR count). The van der Waals surface area contributed by atoms with Gasteiger partial charge in [0.25, 0.3) is 5.91 Å².